The van der Waals surface area contributed by atoms with Crippen LogP contribution in [0.2, 0.25) is 0 Å². The van der Waals surface area contributed by atoms with Gasteiger partial charge in [0, 0.05) is 25.4 Å². The van der Waals surface area contributed by atoms with Crippen LogP contribution in [-0.2, 0) is 9.53 Å². The number of piperidine rings is 1. The molecule has 2 rings (SSSR count). The van der Waals surface area contributed by atoms with Gasteiger partial charge in [-0.1, -0.05) is 27.7 Å². The fourth-order valence-corrected chi connectivity index (χ4v) is 4.00. The summed E-state index contributed by atoms with van der Waals surface area (Å²) in [7, 11) is 0. The van der Waals surface area contributed by atoms with Crippen molar-refractivity contribution < 1.29 is 14.3 Å². The van der Waals surface area contributed by atoms with Crippen molar-refractivity contribution in [2.75, 3.05) is 38.2 Å². The van der Waals surface area contributed by atoms with Gasteiger partial charge in [-0.2, -0.15) is 0 Å². The quantitative estimate of drug-likeness (QED) is 0.566. The summed E-state index contributed by atoms with van der Waals surface area (Å²) >= 11 is 0. The number of nitrogens with one attached hydrogen (secondary N) is 1. The SMILES string of the molecule is CCCO[C@](C)(CC(C)C)C(=O)Nc1ccc(OCCN2CCC[C@H](C)C2)cc1. The highest BCUT2D eigenvalue weighted by atomic mass is 16.5. The largest absolute Gasteiger partial charge is 0.492 e. The van der Waals surface area contributed by atoms with Crippen LogP contribution in [-0.4, -0.2) is 49.3 Å². The Morgan fingerprint density at radius 2 is 2.00 bits per heavy atom. The number of benzene rings is 1. The molecule has 29 heavy (non-hydrogen) atoms. The van der Waals surface area contributed by atoms with E-state index in [1.165, 1.54) is 25.9 Å². The summed E-state index contributed by atoms with van der Waals surface area (Å²) < 4.78 is 11.8. The van der Waals surface area contributed by atoms with Crippen molar-refractivity contribution in [1.82, 2.24) is 4.90 Å². The van der Waals surface area contributed by atoms with E-state index in [1.807, 2.05) is 31.2 Å². The molecule has 1 aromatic rings. The van der Waals surface area contributed by atoms with Crippen molar-refractivity contribution in [1.29, 1.82) is 0 Å². The number of hydrogen-bond donors (Lipinski definition) is 1. The number of anilines is 1. The third kappa shape index (κ3) is 7.98. The zero-order valence-electron chi connectivity index (χ0n) is 19.0. The monoisotopic (exact) mass is 404 g/mol. The van der Waals surface area contributed by atoms with Gasteiger partial charge in [-0.25, -0.2) is 0 Å². The van der Waals surface area contributed by atoms with E-state index in [-0.39, 0.29) is 5.91 Å². The highest BCUT2D eigenvalue weighted by molar-refractivity contribution is 5.97. The van der Waals surface area contributed by atoms with E-state index in [9.17, 15) is 4.79 Å². The molecule has 1 saturated heterocycles. The van der Waals surface area contributed by atoms with Gasteiger partial charge in [-0.3, -0.25) is 9.69 Å². The van der Waals surface area contributed by atoms with Gasteiger partial charge in [0.1, 0.15) is 18.0 Å². The van der Waals surface area contributed by atoms with Crippen LogP contribution in [0.15, 0.2) is 24.3 Å². The number of amides is 1. The second-order valence-electron chi connectivity index (χ2n) is 9.05. The van der Waals surface area contributed by atoms with Gasteiger partial charge in [-0.15, -0.1) is 0 Å². The minimum absolute atomic E-state index is 0.0902. The first kappa shape index (κ1) is 23.7. The molecule has 0 aliphatic carbocycles. The number of carbonyl (C=O) groups excluding carboxylic acids is 1. The van der Waals surface area contributed by atoms with Crippen molar-refractivity contribution in [2.45, 2.75) is 65.9 Å². The molecule has 0 radical (unpaired) electrons. The smallest absolute Gasteiger partial charge is 0.256 e. The average molecular weight is 405 g/mol. The predicted octanol–water partition coefficient (Wildman–Crippen LogP) is 4.97. The van der Waals surface area contributed by atoms with Crippen molar-refractivity contribution in [3.8, 4) is 5.75 Å². The van der Waals surface area contributed by atoms with Crippen molar-refractivity contribution in [3.05, 3.63) is 24.3 Å². The second kappa shape index (κ2) is 11.6. The summed E-state index contributed by atoms with van der Waals surface area (Å²) in [6, 6.07) is 7.62. The molecule has 0 aromatic heterocycles. The summed E-state index contributed by atoms with van der Waals surface area (Å²) in [4.78, 5) is 15.3. The van der Waals surface area contributed by atoms with Gasteiger partial charge >= 0.3 is 0 Å². The van der Waals surface area contributed by atoms with Crippen LogP contribution in [0, 0.1) is 11.8 Å². The molecule has 1 amide bonds. The maximum Gasteiger partial charge on any atom is 0.256 e. The number of ether oxygens (including phenoxy) is 2. The fourth-order valence-electron chi connectivity index (χ4n) is 4.00. The highest BCUT2D eigenvalue weighted by Gasteiger charge is 2.34. The zero-order chi connectivity index (χ0) is 21.3. The summed E-state index contributed by atoms with van der Waals surface area (Å²) in [5.41, 5.74) is -0.0486. The lowest BCUT2D eigenvalue weighted by molar-refractivity contribution is -0.141. The van der Waals surface area contributed by atoms with E-state index in [0.29, 0.717) is 25.6 Å². The summed E-state index contributed by atoms with van der Waals surface area (Å²) in [5.74, 6) is 1.91. The first-order chi connectivity index (χ1) is 13.8. The van der Waals surface area contributed by atoms with Crippen molar-refractivity contribution >= 4 is 11.6 Å². The molecule has 5 nitrogen and oxygen atoms in total. The number of hydrogen-bond acceptors (Lipinski definition) is 4. The molecule has 1 fully saturated rings. The van der Waals surface area contributed by atoms with Crippen LogP contribution < -0.4 is 10.1 Å². The molecule has 1 aromatic carbocycles. The number of carbonyl (C=O) groups is 1. The molecule has 0 bridgehead atoms. The normalized spacial score (nSPS) is 19.7. The van der Waals surface area contributed by atoms with E-state index < -0.39 is 5.60 Å². The molecule has 0 spiro atoms. The van der Waals surface area contributed by atoms with Crippen molar-refractivity contribution in [2.24, 2.45) is 11.8 Å². The highest BCUT2D eigenvalue weighted by Crippen LogP contribution is 2.24. The Hall–Kier alpha value is -1.59. The van der Waals surface area contributed by atoms with Gasteiger partial charge in [0.2, 0.25) is 0 Å². The fraction of sp³-hybridized carbons (Fsp3) is 0.708. The lowest BCUT2D eigenvalue weighted by Gasteiger charge is -2.30. The molecule has 1 N–H and O–H groups in total. The van der Waals surface area contributed by atoms with Gasteiger partial charge < -0.3 is 14.8 Å². The minimum Gasteiger partial charge on any atom is -0.492 e. The van der Waals surface area contributed by atoms with Crippen molar-refractivity contribution in [3.63, 3.8) is 0 Å². The van der Waals surface area contributed by atoms with Crippen LogP contribution in [0.25, 0.3) is 0 Å². The predicted molar refractivity (Wildman–Crippen MR) is 120 cm³/mol. The van der Waals surface area contributed by atoms with Crippen LogP contribution in [0.4, 0.5) is 5.69 Å². The molecule has 164 valence electrons. The van der Waals surface area contributed by atoms with E-state index in [0.717, 1.165) is 30.3 Å². The molecule has 1 heterocycles. The first-order valence-corrected chi connectivity index (χ1v) is 11.2. The number of nitrogens with zero attached hydrogens (tertiary/aromatic N) is 1. The molecule has 1 aliphatic heterocycles. The van der Waals surface area contributed by atoms with Crippen LogP contribution in [0.1, 0.15) is 60.3 Å². The Bertz CT molecular complexity index is 617. The van der Waals surface area contributed by atoms with E-state index in [1.54, 1.807) is 0 Å². The third-order valence-corrected chi connectivity index (χ3v) is 5.43. The molecular weight excluding hydrogens is 364 g/mol. The number of rotatable bonds is 11. The third-order valence-electron chi connectivity index (χ3n) is 5.43. The maximum atomic E-state index is 12.9. The Morgan fingerprint density at radius 1 is 1.28 bits per heavy atom. The standard InChI is InChI=1S/C24H40N2O3/c1-6-15-29-24(5,17-19(2)3)23(27)25-21-9-11-22(12-10-21)28-16-14-26-13-7-8-20(4)18-26/h9-12,19-20H,6-8,13-18H2,1-5H3,(H,25,27)/t20-,24+/m0/s1. The Morgan fingerprint density at radius 3 is 2.62 bits per heavy atom. The minimum atomic E-state index is -0.815. The Kier molecular flexibility index (Phi) is 9.44. The van der Waals surface area contributed by atoms with Crippen LogP contribution >= 0.6 is 0 Å². The summed E-state index contributed by atoms with van der Waals surface area (Å²) in [6.45, 7) is 15.1. The summed E-state index contributed by atoms with van der Waals surface area (Å²) in [5, 5.41) is 3.01. The molecular formula is C24H40N2O3. The Labute approximate surface area is 177 Å². The topological polar surface area (TPSA) is 50.8 Å². The van der Waals surface area contributed by atoms with E-state index >= 15 is 0 Å². The molecule has 5 heteroatoms. The van der Waals surface area contributed by atoms with E-state index in [2.05, 4.69) is 37.9 Å². The number of likely N-dealkylation sites (tertiary alicyclic amines) is 1. The van der Waals surface area contributed by atoms with E-state index in [4.69, 9.17) is 9.47 Å². The van der Waals surface area contributed by atoms with Gasteiger partial charge in [0.25, 0.3) is 5.91 Å². The molecule has 2 atom stereocenters. The van der Waals surface area contributed by atoms with Crippen LogP contribution in [0.3, 0.4) is 0 Å². The molecule has 1 aliphatic rings. The summed E-state index contributed by atoms with van der Waals surface area (Å²) in [6.07, 6.45) is 4.20. The van der Waals surface area contributed by atoms with Gasteiger partial charge in [-0.05, 0) is 75.3 Å². The average Bonchev–Trinajstić information content (AvgIpc) is 2.67. The molecule has 0 saturated carbocycles. The second-order valence-corrected chi connectivity index (χ2v) is 9.05. The lowest BCUT2D eigenvalue weighted by atomic mass is 9.93. The van der Waals surface area contributed by atoms with Crippen LogP contribution in [0.5, 0.6) is 5.75 Å². The lowest BCUT2D eigenvalue weighted by Crippen LogP contribution is -2.44. The first-order valence-electron chi connectivity index (χ1n) is 11.2. The Balaban J connectivity index is 1.84. The van der Waals surface area contributed by atoms with Gasteiger partial charge in [0.05, 0.1) is 0 Å². The molecule has 0 unspecified atom stereocenters. The maximum absolute atomic E-state index is 12.9. The zero-order valence-corrected chi connectivity index (χ0v) is 19.0. The van der Waals surface area contributed by atoms with Gasteiger partial charge in [0.15, 0.2) is 0 Å².